The minimum atomic E-state index is 0.399. The molecule has 0 aliphatic heterocycles. The number of unbranched alkanes of at least 4 members (excludes halogenated alkanes) is 2. The molecule has 0 fully saturated rings. The van der Waals surface area contributed by atoms with Gasteiger partial charge in [-0.1, -0.05) is 43.9 Å². The monoisotopic (exact) mass is 235 g/mol. The Balaban J connectivity index is 2.82. The highest BCUT2D eigenvalue weighted by Gasteiger charge is 2.13. The van der Waals surface area contributed by atoms with Crippen molar-refractivity contribution in [1.82, 2.24) is 5.32 Å². The summed E-state index contributed by atoms with van der Waals surface area (Å²) < 4.78 is 5.45. The van der Waals surface area contributed by atoms with Crippen molar-refractivity contribution in [3.63, 3.8) is 0 Å². The van der Waals surface area contributed by atoms with Gasteiger partial charge in [0.2, 0.25) is 0 Å². The third-order valence-corrected chi connectivity index (χ3v) is 3.21. The fourth-order valence-electron chi connectivity index (χ4n) is 2.18. The van der Waals surface area contributed by atoms with E-state index in [0.29, 0.717) is 6.04 Å². The molecule has 0 amide bonds. The molecule has 0 aliphatic carbocycles. The Bertz CT molecular complexity index is 336. The first-order valence-electron chi connectivity index (χ1n) is 6.54. The van der Waals surface area contributed by atoms with Crippen molar-refractivity contribution in [3.05, 3.63) is 29.3 Å². The normalized spacial score (nSPS) is 12.5. The molecule has 0 aromatic heterocycles. The van der Waals surface area contributed by atoms with Gasteiger partial charge in [0.1, 0.15) is 5.75 Å². The fraction of sp³-hybridized carbons (Fsp3) is 0.600. The molecule has 1 aromatic rings. The second-order valence-corrected chi connectivity index (χ2v) is 4.58. The van der Waals surface area contributed by atoms with Crippen LogP contribution in [0.1, 0.15) is 49.8 Å². The van der Waals surface area contributed by atoms with Gasteiger partial charge in [-0.2, -0.15) is 0 Å². The number of ether oxygens (including phenoxy) is 1. The molecule has 17 heavy (non-hydrogen) atoms. The van der Waals surface area contributed by atoms with E-state index in [9.17, 15) is 0 Å². The molecular formula is C15H25NO. The quantitative estimate of drug-likeness (QED) is 0.725. The van der Waals surface area contributed by atoms with Crippen LogP contribution in [0.3, 0.4) is 0 Å². The van der Waals surface area contributed by atoms with Gasteiger partial charge >= 0.3 is 0 Å². The van der Waals surface area contributed by atoms with Crippen LogP contribution in [0.15, 0.2) is 18.2 Å². The minimum absolute atomic E-state index is 0.399. The Morgan fingerprint density at radius 1 is 1.29 bits per heavy atom. The zero-order valence-corrected chi connectivity index (χ0v) is 11.5. The van der Waals surface area contributed by atoms with Gasteiger partial charge in [0.25, 0.3) is 0 Å². The molecule has 0 radical (unpaired) electrons. The van der Waals surface area contributed by atoms with Crippen molar-refractivity contribution in [3.8, 4) is 5.75 Å². The number of hydrogen-bond donors (Lipinski definition) is 1. The number of nitrogens with one attached hydrogen (secondary N) is 1. The van der Waals surface area contributed by atoms with Crippen LogP contribution in [0.2, 0.25) is 0 Å². The molecule has 0 saturated carbocycles. The van der Waals surface area contributed by atoms with Crippen LogP contribution < -0.4 is 10.1 Å². The predicted molar refractivity (Wildman–Crippen MR) is 73.7 cm³/mol. The van der Waals surface area contributed by atoms with Gasteiger partial charge in [-0.25, -0.2) is 0 Å². The van der Waals surface area contributed by atoms with Gasteiger partial charge in [-0.3, -0.25) is 0 Å². The third kappa shape index (κ3) is 4.04. The fourth-order valence-corrected chi connectivity index (χ4v) is 2.18. The zero-order valence-electron chi connectivity index (χ0n) is 11.5. The SMILES string of the molecule is CCCCCC(NC)c1cc(C)ccc1OC. The number of aryl methyl sites for hydroxylation is 1. The first-order chi connectivity index (χ1) is 8.22. The summed E-state index contributed by atoms with van der Waals surface area (Å²) in [7, 11) is 3.77. The molecule has 2 nitrogen and oxygen atoms in total. The molecule has 0 bridgehead atoms. The summed E-state index contributed by atoms with van der Waals surface area (Å²) >= 11 is 0. The summed E-state index contributed by atoms with van der Waals surface area (Å²) in [5.41, 5.74) is 2.57. The third-order valence-electron chi connectivity index (χ3n) is 3.21. The highest BCUT2D eigenvalue weighted by molar-refractivity contribution is 5.39. The number of rotatable bonds is 7. The molecule has 1 N–H and O–H groups in total. The molecule has 96 valence electrons. The molecule has 0 heterocycles. The number of hydrogen-bond acceptors (Lipinski definition) is 2. The Kier molecular flexibility index (Phi) is 6.06. The number of benzene rings is 1. The maximum atomic E-state index is 5.45. The van der Waals surface area contributed by atoms with Crippen LogP contribution in [0.25, 0.3) is 0 Å². The summed E-state index contributed by atoms with van der Waals surface area (Å²) in [6.45, 7) is 4.36. The average Bonchev–Trinajstić information content (AvgIpc) is 2.35. The second kappa shape index (κ2) is 7.33. The lowest BCUT2D eigenvalue weighted by Gasteiger charge is -2.20. The van der Waals surface area contributed by atoms with E-state index in [-0.39, 0.29) is 0 Å². The molecule has 1 aromatic carbocycles. The summed E-state index contributed by atoms with van der Waals surface area (Å²) in [4.78, 5) is 0. The lowest BCUT2D eigenvalue weighted by molar-refractivity contribution is 0.396. The average molecular weight is 235 g/mol. The second-order valence-electron chi connectivity index (χ2n) is 4.58. The van der Waals surface area contributed by atoms with E-state index in [4.69, 9.17) is 4.74 Å². The van der Waals surface area contributed by atoms with Crippen molar-refractivity contribution >= 4 is 0 Å². The molecule has 2 heteroatoms. The van der Waals surface area contributed by atoms with Crippen LogP contribution >= 0.6 is 0 Å². The summed E-state index contributed by atoms with van der Waals surface area (Å²) in [5.74, 6) is 0.992. The Morgan fingerprint density at radius 2 is 2.06 bits per heavy atom. The first-order valence-corrected chi connectivity index (χ1v) is 6.54. The van der Waals surface area contributed by atoms with Gasteiger partial charge in [-0.15, -0.1) is 0 Å². The van der Waals surface area contributed by atoms with Gasteiger partial charge in [-0.05, 0) is 26.5 Å². The lowest BCUT2D eigenvalue weighted by Crippen LogP contribution is -2.17. The smallest absolute Gasteiger partial charge is 0.123 e. The summed E-state index contributed by atoms with van der Waals surface area (Å²) in [6, 6.07) is 6.79. The summed E-state index contributed by atoms with van der Waals surface area (Å²) in [5, 5.41) is 3.40. The largest absolute Gasteiger partial charge is 0.496 e. The minimum Gasteiger partial charge on any atom is -0.496 e. The van der Waals surface area contributed by atoms with E-state index >= 15 is 0 Å². The van der Waals surface area contributed by atoms with Crippen LogP contribution in [-0.4, -0.2) is 14.2 Å². The van der Waals surface area contributed by atoms with Crippen molar-refractivity contribution in [2.24, 2.45) is 0 Å². The number of methoxy groups -OCH3 is 1. The molecular weight excluding hydrogens is 210 g/mol. The predicted octanol–water partition coefficient (Wildman–Crippen LogP) is 3.84. The van der Waals surface area contributed by atoms with Gasteiger partial charge in [0, 0.05) is 11.6 Å². The van der Waals surface area contributed by atoms with E-state index in [1.165, 1.54) is 36.8 Å². The highest BCUT2D eigenvalue weighted by atomic mass is 16.5. The Morgan fingerprint density at radius 3 is 2.65 bits per heavy atom. The molecule has 0 aliphatic rings. The van der Waals surface area contributed by atoms with Crippen molar-refractivity contribution in [1.29, 1.82) is 0 Å². The van der Waals surface area contributed by atoms with Gasteiger partial charge in [0.05, 0.1) is 7.11 Å². The van der Waals surface area contributed by atoms with Gasteiger partial charge < -0.3 is 10.1 Å². The van der Waals surface area contributed by atoms with E-state index in [2.05, 4.69) is 37.4 Å². The Hall–Kier alpha value is -1.02. The van der Waals surface area contributed by atoms with E-state index < -0.39 is 0 Å². The van der Waals surface area contributed by atoms with E-state index in [0.717, 1.165) is 5.75 Å². The van der Waals surface area contributed by atoms with Crippen molar-refractivity contribution in [2.75, 3.05) is 14.2 Å². The van der Waals surface area contributed by atoms with Crippen LogP contribution in [0, 0.1) is 6.92 Å². The topological polar surface area (TPSA) is 21.3 Å². The van der Waals surface area contributed by atoms with E-state index in [1.807, 2.05) is 7.05 Å². The van der Waals surface area contributed by atoms with Crippen molar-refractivity contribution in [2.45, 2.75) is 45.6 Å². The van der Waals surface area contributed by atoms with Crippen LogP contribution in [-0.2, 0) is 0 Å². The molecule has 1 unspecified atom stereocenters. The zero-order chi connectivity index (χ0) is 12.7. The highest BCUT2D eigenvalue weighted by Crippen LogP contribution is 2.29. The first kappa shape index (κ1) is 14.0. The molecule has 0 spiro atoms. The molecule has 1 atom stereocenters. The van der Waals surface area contributed by atoms with Crippen LogP contribution in [0.4, 0.5) is 0 Å². The lowest BCUT2D eigenvalue weighted by atomic mass is 9.98. The molecule has 0 saturated heterocycles. The van der Waals surface area contributed by atoms with E-state index in [1.54, 1.807) is 7.11 Å². The van der Waals surface area contributed by atoms with Crippen molar-refractivity contribution < 1.29 is 4.74 Å². The maximum Gasteiger partial charge on any atom is 0.123 e. The molecule has 1 rings (SSSR count). The maximum absolute atomic E-state index is 5.45. The standard InChI is InChI=1S/C15H25NO/c1-5-6-7-8-14(16-3)13-11-12(2)9-10-15(13)17-4/h9-11,14,16H,5-8H2,1-4H3. The van der Waals surface area contributed by atoms with Crippen LogP contribution in [0.5, 0.6) is 5.75 Å². The van der Waals surface area contributed by atoms with Gasteiger partial charge in [0.15, 0.2) is 0 Å². The Labute approximate surface area is 105 Å². The summed E-state index contributed by atoms with van der Waals surface area (Å²) in [6.07, 6.45) is 5.00.